The van der Waals surface area contributed by atoms with Crippen LogP contribution in [-0.4, -0.2) is 10.1 Å². The van der Waals surface area contributed by atoms with Gasteiger partial charge in [0.2, 0.25) is 0 Å². The molecular formula is C6H10IN. The number of halogens is 1. The van der Waals surface area contributed by atoms with Crippen LogP contribution < -0.4 is 0 Å². The van der Waals surface area contributed by atoms with Crippen LogP contribution in [0.3, 0.4) is 0 Å². The van der Waals surface area contributed by atoms with E-state index in [0.29, 0.717) is 3.92 Å². The second kappa shape index (κ2) is 5.28. The van der Waals surface area contributed by atoms with Crippen molar-refractivity contribution in [3.8, 4) is 0 Å². The lowest BCUT2D eigenvalue weighted by molar-refractivity contribution is 1.16. The lowest BCUT2D eigenvalue weighted by atomic mass is 10.3. The molecule has 1 atom stereocenters. The fraction of sp³-hybridized carbons (Fsp3) is 0.500. The quantitative estimate of drug-likeness (QED) is 0.329. The Bertz CT molecular complexity index is 88.5. The van der Waals surface area contributed by atoms with Crippen LogP contribution in [0.2, 0.25) is 0 Å². The molecule has 0 aliphatic heterocycles. The minimum absolute atomic E-state index is 0.379. The topological polar surface area (TPSA) is 23.9 Å². The lowest BCUT2D eigenvalue weighted by Crippen LogP contribution is -1.93. The summed E-state index contributed by atoms with van der Waals surface area (Å²) in [5, 5.41) is 6.82. The van der Waals surface area contributed by atoms with E-state index in [0.717, 1.165) is 6.42 Å². The van der Waals surface area contributed by atoms with Crippen molar-refractivity contribution in [3.05, 3.63) is 12.2 Å². The van der Waals surface area contributed by atoms with Crippen molar-refractivity contribution in [3.63, 3.8) is 0 Å². The second-order valence-corrected chi connectivity index (χ2v) is 3.09. The summed E-state index contributed by atoms with van der Waals surface area (Å²) in [6, 6.07) is 0. The molecule has 2 heteroatoms. The van der Waals surface area contributed by atoms with E-state index in [4.69, 9.17) is 5.41 Å². The highest BCUT2D eigenvalue weighted by molar-refractivity contribution is 14.1. The molecule has 0 aliphatic carbocycles. The summed E-state index contributed by atoms with van der Waals surface area (Å²) in [7, 11) is 0. The zero-order valence-corrected chi connectivity index (χ0v) is 7.05. The molecule has 0 bridgehead atoms. The number of allylic oxidation sites excluding steroid dienone is 2. The Morgan fingerprint density at radius 1 is 1.75 bits per heavy atom. The molecule has 0 saturated carbocycles. The van der Waals surface area contributed by atoms with E-state index in [9.17, 15) is 0 Å². The molecule has 1 nitrogen and oxygen atoms in total. The first-order chi connectivity index (χ1) is 3.81. The largest absolute Gasteiger partial charge is 0.312 e. The summed E-state index contributed by atoms with van der Waals surface area (Å²) in [5.41, 5.74) is 0. The van der Waals surface area contributed by atoms with Crippen LogP contribution in [0.1, 0.15) is 13.3 Å². The van der Waals surface area contributed by atoms with E-state index in [2.05, 4.69) is 28.7 Å². The van der Waals surface area contributed by atoms with Gasteiger partial charge in [0.1, 0.15) is 0 Å². The summed E-state index contributed by atoms with van der Waals surface area (Å²) < 4.78 is 0.379. The van der Waals surface area contributed by atoms with Crippen LogP contribution in [0.4, 0.5) is 0 Å². The predicted molar refractivity (Wildman–Crippen MR) is 46.0 cm³/mol. The normalized spacial score (nSPS) is 14.2. The van der Waals surface area contributed by atoms with Crippen molar-refractivity contribution in [2.75, 3.05) is 0 Å². The molecule has 1 N–H and O–H groups in total. The van der Waals surface area contributed by atoms with Gasteiger partial charge in [-0.1, -0.05) is 34.7 Å². The average molecular weight is 223 g/mol. The highest BCUT2D eigenvalue weighted by Gasteiger charge is 1.91. The average Bonchev–Trinajstić information content (AvgIpc) is 1.83. The number of rotatable bonds is 3. The van der Waals surface area contributed by atoms with Gasteiger partial charge >= 0.3 is 0 Å². The van der Waals surface area contributed by atoms with E-state index < -0.39 is 0 Å². The molecule has 46 valence electrons. The van der Waals surface area contributed by atoms with E-state index in [-0.39, 0.29) is 0 Å². The summed E-state index contributed by atoms with van der Waals surface area (Å²) in [5.74, 6) is 0. The van der Waals surface area contributed by atoms with Gasteiger partial charge in [-0.3, -0.25) is 0 Å². The molecule has 0 aromatic carbocycles. The van der Waals surface area contributed by atoms with E-state index >= 15 is 0 Å². The highest BCUT2D eigenvalue weighted by Crippen LogP contribution is 2.02. The monoisotopic (exact) mass is 223 g/mol. The second-order valence-electron chi connectivity index (χ2n) is 1.49. The number of nitrogens with one attached hydrogen (secondary N) is 1. The van der Waals surface area contributed by atoms with Gasteiger partial charge in [-0.25, -0.2) is 0 Å². The van der Waals surface area contributed by atoms with Gasteiger partial charge in [0.05, 0.1) is 0 Å². The fourth-order valence-electron chi connectivity index (χ4n) is 0.334. The molecule has 8 heavy (non-hydrogen) atoms. The third-order valence-electron chi connectivity index (χ3n) is 0.778. The van der Waals surface area contributed by atoms with Gasteiger partial charge in [-0.15, -0.1) is 0 Å². The van der Waals surface area contributed by atoms with Crippen LogP contribution in [0.5, 0.6) is 0 Å². The van der Waals surface area contributed by atoms with Gasteiger partial charge in [-0.2, -0.15) is 0 Å². The molecule has 0 spiro atoms. The molecular weight excluding hydrogens is 213 g/mol. The molecule has 0 amide bonds. The molecule has 0 heterocycles. The maximum atomic E-state index is 6.82. The lowest BCUT2D eigenvalue weighted by Gasteiger charge is -1.93. The number of hydrogen-bond acceptors (Lipinski definition) is 1. The Hall–Kier alpha value is 0.140. The maximum Gasteiger partial charge on any atom is 0.0490 e. The van der Waals surface area contributed by atoms with E-state index in [1.807, 2.05) is 13.0 Å². The third-order valence-corrected chi connectivity index (χ3v) is 1.65. The Labute approximate surface area is 63.8 Å². The SMILES string of the molecule is C/C=C\CC(I)C=N. The van der Waals surface area contributed by atoms with Gasteiger partial charge in [0, 0.05) is 10.1 Å². The van der Waals surface area contributed by atoms with Crippen LogP contribution in [0.15, 0.2) is 12.2 Å². The number of hydrogen-bond donors (Lipinski definition) is 1. The smallest absolute Gasteiger partial charge is 0.0490 e. The van der Waals surface area contributed by atoms with Crippen molar-refractivity contribution in [2.45, 2.75) is 17.3 Å². The zero-order chi connectivity index (χ0) is 6.41. The van der Waals surface area contributed by atoms with Gasteiger partial charge < -0.3 is 5.41 Å². The fourth-order valence-corrected chi connectivity index (χ4v) is 0.628. The van der Waals surface area contributed by atoms with Crippen molar-refractivity contribution in [2.24, 2.45) is 0 Å². The summed E-state index contributed by atoms with van der Waals surface area (Å²) in [6.45, 7) is 1.99. The third kappa shape index (κ3) is 4.30. The van der Waals surface area contributed by atoms with E-state index in [1.165, 1.54) is 6.21 Å². The number of alkyl halides is 1. The van der Waals surface area contributed by atoms with Crippen molar-refractivity contribution in [1.82, 2.24) is 0 Å². The molecule has 0 saturated heterocycles. The van der Waals surface area contributed by atoms with Crippen LogP contribution in [0.25, 0.3) is 0 Å². The van der Waals surface area contributed by atoms with Crippen molar-refractivity contribution in [1.29, 1.82) is 5.41 Å². The van der Waals surface area contributed by atoms with Crippen molar-refractivity contribution >= 4 is 28.8 Å². The first-order valence-electron chi connectivity index (χ1n) is 2.57. The molecule has 0 fully saturated rings. The summed E-state index contributed by atoms with van der Waals surface area (Å²) >= 11 is 2.23. The first-order valence-corrected chi connectivity index (χ1v) is 3.81. The Kier molecular flexibility index (Phi) is 5.37. The molecule has 1 unspecified atom stereocenters. The zero-order valence-electron chi connectivity index (χ0n) is 4.89. The van der Waals surface area contributed by atoms with Crippen LogP contribution in [-0.2, 0) is 0 Å². The molecule has 0 aliphatic rings. The Morgan fingerprint density at radius 2 is 2.38 bits per heavy atom. The Balaban J connectivity index is 3.23. The summed E-state index contributed by atoms with van der Waals surface area (Å²) in [4.78, 5) is 0. The highest BCUT2D eigenvalue weighted by atomic mass is 127. The van der Waals surface area contributed by atoms with Gasteiger partial charge in [0.25, 0.3) is 0 Å². The molecule has 0 rings (SSSR count). The molecule has 0 aromatic heterocycles. The predicted octanol–water partition coefficient (Wildman–Crippen LogP) is 2.41. The van der Waals surface area contributed by atoms with Gasteiger partial charge in [0.15, 0.2) is 0 Å². The summed E-state index contributed by atoms with van der Waals surface area (Å²) in [6.07, 6.45) is 6.53. The Morgan fingerprint density at radius 3 is 2.75 bits per heavy atom. The van der Waals surface area contributed by atoms with Crippen molar-refractivity contribution < 1.29 is 0 Å². The van der Waals surface area contributed by atoms with Crippen LogP contribution in [0, 0.1) is 5.41 Å². The van der Waals surface area contributed by atoms with Gasteiger partial charge in [-0.05, 0) is 13.3 Å². The maximum absolute atomic E-state index is 6.82. The van der Waals surface area contributed by atoms with E-state index in [1.54, 1.807) is 0 Å². The first kappa shape index (κ1) is 8.14. The molecule has 0 aromatic rings. The minimum atomic E-state index is 0.379. The van der Waals surface area contributed by atoms with Crippen LogP contribution >= 0.6 is 22.6 Å². The minimum Gasteiger partial charge on any atom is -0.312 e. The standard InChI is InChI=1S/C6H10IN/c1-2-3-4-6(7)5-8/h2-3,5-6,8H,4H2,1H3/b3-2-,8-5?. The molecule has 0 radical (unpaired) electrons.